The second-order valence-corrected chi connectivity index (χ2v) is 10.1. The summed E-state index contributed by atoms with van der Waals surface area (Å²) in [4.78, 5) is 45.2. The van der Waals surface area contributed by atoms with Crippen LogP contribution < -0.4 is 15.4 Å². The number of rotatable bonds is 7. The van der Waals surface area contributed by atoms with Gasteiger partial charge in [-0.15, -0.1) is 0 Å². The smallest absolute Gasteiger partial charge is 0.261 e. The summed E-state index contributed by atoms with van der Waals surface area (Å²) in [5.41, 5.74) is 1.10. The number of benzene rings is 3. The maximum atomic E-state index is 14.1. The number of imide groups is 1. The Balaban J connectivity index is 1.25. The van der Waals surface area contributed by atoms with Gasteiger partial charge in [0.2, 0.25) is 5.91 Å². The van der Waals surface area contributed by atoms with Crippen LogP contribution in [0, 0.1) is 0 Å². The molecule has 196 valence electrons. The Kier molecular flexibility index (Phi) is 6.50. The molecule has 3 aromatic carbocycles. The molecule has 1 aromatic heterocycles. The van der Waals surface area contributed by atoms with Crippen molar-refractivity contribution in [3.05, 3.63) is 101 Å². The average molecular weight is 541 g/mol. The third-order valence-electron chi connectivity index (χ3n) is 7.41. The van der Waals surface area contributed by atoms with Crippen molar-refractivity contribution in [1.29, 1.82) is 0 Å². The number of halogens is 1. The fourth-order valence-electron chi connectivity index (χ4n) is 5.36. The number of anilines is 1. The van der Waals surface area contributed by atoms with E-state index in [2.05, 4.69) is 15.6 Å². The molecule has 6 rings (SSSR count). The van der Waals surface area contributed by atoms with Crippen LogP contribution in [0.2, 0.25) is 5.02 Å². The summed E-state index contributed by atoms with van der Waals surface area (Å²) in [6, 6.07) is 19.8. The standard InChI is InChI=1S/C30H25ClN4O4/c31-20-9-10-26-24(15-20)30(11-14-39-26,29(38)34-25-17-33-16-19-5-1-2-6-21(19)25)18-32-12-13-35-27(36)22-7-3-4-8-23(22)28(35)37/h1-10,15-17,32H,11-14,18H2,(H,34,38). The molecule has 39 heavy (non-hydrogen) atoms. The normalized spacial score (nSPS) is 18.0. The lowest BCUT2D eigenvalue weighted by Crippen LogP contribution is -2.51. The highest BCUT2D eigenvalue weighted by Gasteiger charge is 2.45. The molecule has 9 heteroatoms. The van der Waals surface area contributed by atoms with Crippen LogP contribution in [-0.4, -0.2) is 53.8 Å². The van der Waals surface area contributed by atoms with Gasteiger partial charge in [-0.3, -0.25) is 24.3 Å². The quantitative estimate of drug-likeness (QED) is 0.266. The van der Waals surface area contributed by atoms with Crippen LogP contribution in [0.5, 0.6) is 5.75 Å². The molecule has 0 fully saturated rings. The van der Waals surface area contributed by atoms with Crippen molar-refractivity contribution in [2.45, 2.75) is 11.8 Å². The number of fused-ring (bicyclic) bond motifs is 3. The first kappa shape index (κ1) is 25.0. The van der Waals surface area contributed by atoms with E-state index in [0.717, 1.165) is 10.8 Å². The van der Waals surface area contributed by atoms with Gasteiger partial charge in [0.1, 0.15) is 5.75 Å². The van der Waals surface area contributed by atoms with Gasteiger partial charge in [-0.05, 0) is 30.3 Å². The summed E-state index contributed by atoms with van der Waals surface area (Å²) in [6.07, 6.45) is 3.80. The van der Waals surface area contributed by atoms with Crippen molar-refractivity contribution in [3.8, 4) is 5.75 Å². The largest absolute Gasteiger partial charge is 0.493 e. The number of aromatic nitrogens is 1. The Morgan fingerprint density at radius 3 is 2.54 bits per heavy atom. The molecule has 0 spiro atoms. The molecule has 4 aromatic rings. The molecule has 0 radical (unpaired) electrons. The number of pyridine rings is 1. The number of carbonyl (C=O) groups is 3. The molecular weight excluding hydrogens is 516 g/mol. The van der Waals surface area contributed by atoms with Gasteiger partial charge >= 0.3 is 0 Å². The van der Waals surface area contributed by atoms with Gasteiger partial charge in [0.15, 0.2) is 0 Å². The molecule has 1 unspecified atom stereocenters. The highest BCUT2D eigenvalue weighted by molar-refractivity contribution is 6.30. The maximum absolute atomic E-state index is 14.1. The molecule has 3 amide bonds. The molecule has 2 aliphatic heterocycles. The predicted molar refractivity (Wildman–Crippen MR) is 148 cm³/mol. The number of nitrogens with zero attached hydrogens (tertiary/aromatic N) is 2. The van der Waals surface area contributed by atoms with E-state index in [9.17, 15) is 14.4 Å². The highest BCUT2D eigenvalue weighted by Crippen LogP contribution is 2.41. The van der Waals surface area contributed by atoms with Gasteiger partial charge in [-0.2, -0.15) is 0 Å². The lowest BCUT2D eigenvalue weighted by Gasteiger charge is -2.38. The van der Waals surface area contributed by atoms with Crippen molar-refractivity contribution in [2.24, 2.45) is 0 Å². The molecule has 2 aliphatic rings. The van der Waals surface area contributed by atoms with Crippen molar-refractivity contribution in [2.75, 3.05) is 31.6 Å². The molecule has 0 aliphatic carbocycles. The van der Waals surface area contributed by atoms with Gasteiger partial charge in [0.25, 0.3) is 11.8 Å². The Morgan fingerprint density at radius 2 is 1.74 bits per heavy atom. The summed E-state index contributed by atoms with van der Waals surface area (Å²) in [5, 5.41) is 8.73. The van der Waals surface area contributed by atoms with Crippen LogP contribution in [-0.2, 0) is 10.2 Å². The summed E-state index contributed by atoms with van der Waals surface area (Å²) >= 11 is 6.37. The first-order valence-corrected chi connectivity index (χ1v) is 13.1. The van der Waals surface area contributed by atoms with E-state index in [4.69, 9.17) is 16.3 Å². The van der Waals surface area contributed by atoms with Crippen LogP contribution in [0.4, 0.5) is 5.69 Å². The average Bonchev–Trinajstić information content (AvgIpc) is 3.20. The first-order chi connectivity index (χ1) is 19.0. The minimum absolute atomic E-state index is 0.177. The van der Waals surface area contributed by atoms with E-state index in [1.165, 1.54) is 4.90 Å². The van der Waals surface area contributed by atoms with E-state index in [1.54, 1.807) is 54.9 Å². The summed E-state index contributed by atoms with van der Waals surface area (Å²) in [5.74, 6) is -0.243. The Morgan fingerprint density at radius 1 is 1.00 bits per heavy atom. The fourth-order valence-corrected chi connectivity index (χ4v) is 5.54. The molecule has 8 nitrogen and oxygen atoms in total. The Hall–Kier alpha value is -4.27. The topological polar surface area (TPSA) is 101 Å². The molecule has 0 saturated heterocycles. The third-order valence-corrected chi connectivity index (χ3v) is 7.65. The van der Waals surface area contributed by atoms with E-state index < -0.39 is 5.41 Å². The van der Waals surface area contributed by atoms with Gasteiger partial charge < -0.3 is 15.4 Å². The number of amides is 3. The van der Waals surface area contributed by atoms with Crippen molar-refractivity contribution in [3.63, 3.8) is 0 Å². The van der Waals surface area contributed by atoms with E-state index >= 15 is 0 Å². The zero-order valence-corrected chi connectivity index (χ0v) is 21.7. The summed E-state index contributed by atoms with van der Waals surface area (Å²) < 4.78 is 5.88. The van der Waals surface area contributed by atoms with Crippen LogP contribution in [0.3, 0.4) is 0 Å². The van der Waals surface area contributed by atoms with Crippen molar-refractivity contribution < 1.29 is 19.1 Å². The second-order valence-electron chi connectivity index (χ2n) is 9.67. The van der Waals surface area contributed by atoms with Gasteiger partial charge in [-0.25, -0.2) is 0 Å². The maximum Gasteiger partial charge on any atom is 0.261 e. The molecule has 0 saturated carbocycles. The lowest BCUT2D eigenvalue weighted by atomic mass is 9.74. The summed E-state index contributed by atoms with van der Waals surface area (Å²) in [6.45, 7) is 1.08. The monoisotopic (exact) mass is 540 g/mol. The SMILES string of the molecule is O=C1c2ccccc2C(=O)N1CCNCC1(C(=O)Nc2cncc3ccccc23)CCOc2ccc(Cl)cc21. The van der Waals surface area contributed by atoms with Gasteiger partial charge in [-0.1, -0.05) is 48.0 Å². The number of hydrogen-bond acceptors (Lipinski definition) is 6. The van der Waals surface area contributed by atoms with Crippen LogP contribution in [0.1, 0.15) is 32.7 Å². The number of hydrogen-bond donors (Lipinski definition) is 2. The van der Waals surface area contributed by atoms with E-state index in [-0.39, 0.29) is 30.8 Å². The Bertz CT molecular complexity index is 1580. The van der Waals surface area contributed by atoms with Crippen molar-refractivity contribution in [1.82, 2.24) is 15.2 Å². The second kappa shape index (κ2) is 10.1. The molecule has 3 heterocycles. The number of ether oxygens (including phenoxy) is 1. The molecule has 0 bridgehead atoms. The number of nitrogens with one attached hydrogen (secondary N) is 2. The lowest BCUT2D eigenvalue weighted by molar-refractivity contribution is -0.122. The zero-order chi connectivity index (χ0) is 27.0. The Labute approximate surface area is 229 Å². The van der Waals surface area contributed by atoms with E-state index in [1.807, 2.05) is 24.3 Å². The van der Waals surface area contributed by atoms with Gasteiger partial charge in [0.05, 0.1) is 35.0 Å². The minimum atomic E-state index is -1.02. The zero-order valence-electron chi connectivity index (χ0n) is 20.9. The fraction of sp³-hybridized carbons (Fsp3) is 0.200. The van der Waals surface area contributed by atoms with Crippen LogP contribution in [0.15, 0.2) is 79.1 Å². The molecule has 2 N–H and O–H groups in total. The summed E-state index contributed by atoms with van der Waals surface area (Å²) in [7, 11) is 0. The highest BCUT2D eigenvalue weighted by atomic mass is 35.5. The van der Waals surface area contributed by atoms with Gasteiger partial charge in [0, 0.05) is 53.6 Å². The predicted octanol–water partition coefficient (Wildman–Crippen LogP) is 4.43. The number of carbonyl (C=O) groups excluding carboxylic acids is 3. The molecular formula is C30H25ClN4O4. The van der Waals surface area contributed by atoms with Crippen LogP contribution >= 0.6 is 11.6 Å². The first-order valence-electron chi connectivity index (χ1n) is 12.7. The van der Waals surface area contributed by atoms with Crippen molar-refractivity contribution >= 4 is 45.8 Å². The molecule has 1 atom stereocenters. The van der Waals surface area contributed by atoms with E-state index in [0.29, 0.717) is 52.7 Å². The minimum Gasteiger partial charge on any atom is -0.493 e. The van der Waals surface area contributed by atoms with Crippen LogP contribution in [0.25, 0.3) is 10.8 Å². The third kappa shape index (κ3) is 4.41.